The van der Waals surface area contributed by atoms with Crippen molar-refractivity contribution in [2.24, 2.45) is 5.92 Å². The number of carboxylic acid groups (broad SMARTS) is 1. The summed E-state index contributed by atoms with van der Waals surface area (Å²) in [6.45, 7) is 6.24. The summed E-state index contributed by atoms with van der Waals surface area (Å²) in [5.74, 6) is -0.199. The second-order valence-electron chi connectivity index (χ2n) is 5.43. The number of nitrogens with zero attached hydrogens (tertiary/aromatic N) is 1. The summed E-state index contributed by atoms with van der Waals surface area (Å²) in [5, 5.41) is 12.3. The summed E-state index contributed by atoms with van der Waals surface area (Å²) in [4.78, 5) is 14.9. The van der Waals surface area contributed by atoms with Crippen molar-refractivity contribution in [2.45, 2.75) is 32.9 Å². The fourth-order valence-corrected chi connectivity index (χ4v) is 2.86. The lowest BCUT2D eigenvalue weighted by atomic mass is 10.0. The molecule has 0 radical (unpaired) electrons. The molecule has 1 aromatic rings. The highest BCUT2D eigenvalue weighted by Gasteiger charge is 2.14. The third-order valence-electron chi connectivity index (χ3n) is 2.95. The average molecular weight is 284 g/mol. The molecule has 1 heterocycles. The van der Waals surface area contributed by atoms with E-state index in [4.69, 9.17) is 5.11 Å². The van der Waals surface area contributed by atoms with Gasteiger partial charge in [0.15, 0.2) is 0 Å². The SMILES string of the molecule is CC(C)C(CN(C)C)NCc1ccc(CC(=O)O)s1. The van der Waals surface area contributed by atoms with E-state index >= 15 is 0 Å². The summed E-state index contributed by atoms with van der Waals surface area (Å²) in [6, 6.07) is 4.37. The van der Waals surface area contributed by atoms with Crippen LogP contribution in [0, 0.1) is 5.92 Å². The van der Waals surface area contributed by atoms with Gasteiger partial charge in [-0.15, -0.1) is 11.3 Å². The lowest BCUT2D eigenvalue weighted by Gasteiger charge is -2.25. The molecule has 0 aliphatic heterocycles. The maximum atomic E-state index is 10.6. The van der Waals surface area contributed by atoms with Crippen LogP contribution in [0.3, 0.4) is 0 Å². The Morgan fingerprint density at radius 2 is 2.00 bits per heavy atom. The van der Waals surface area contributed by atoms with Crippen LogP contribution in [0.25, 0.3) is 0 Å². The number of nitrogens with one attached hydrogen (secondary N) is 1. The molecule has 0 spiro atoms. The molecule has 0 fully saturated rings. The van der Waals surface area contributed by atoms with E-state index in [-0.39, 0.29) is 6.42 Å². The van der Waals surface area contributed by atoms with Crippen molar-refractivity contribution >= 4 is 17.3 Å². The van der Waals surface area contributed by atoms with Crippen molar-refractivity contribution in [3.63, 3.8) is 0 Å². The van der Waals surface area contributed by atoms with E-state index in [9.17, 15) is 4.79 Å². The molecular formula is C14H24N2O2S. The van der Waals surface area contributed by atoms with Gasteiger partial charge in [0, 0.05) is 28.9 Å². The number of thiophene rings is 1. The molecular weight excluding hydrogens is 260 g/mol. The fraction of sp³-hybridized carbons (Fsp3) is 0.643. The number of carbonyl (C=O) groups is 1. The first-order valence-electron chi connectivity index (χ1n) is 6.56. The normalized spacial score (nSPS) is 13.2. The fourth-order valence-electron chi connectivity index (χ4n) is 1.90. The van der Waals surface area contributed by atoms with Crippen LogP contribution in [-0.2, 0) is 17.8 Å². The van der Waals surface area contributed by atoms with Gasteiger partial charge in [0.05, 0.1) is 6.42 Å². The molecule has 2 N–H and O–H groups in total. The van der Waals surface area contributed by atoms with Gasteiger partial charge in [-0.3, -0.25) is 4.79 Å². The lowest BCUT2D eigenvalue weighted by molar-refractivity contribution is -0.136. The van der Waals surface area contributed by atoms with Crippen molar-refractivity contribution in [1.29, 1.82) is 0 Å². The van der Waals surface area contributed by atoms with Gasteiger partial charge < -0.3 is 15.3 Å². The third-order valence-corrected chi connectivity index (χ3v) is 4.03. The van der Waals surface area contributed by atoms with E-state index in [1.165, 1.54) is 4.88 Å². The van der Waals surface area contributed by atoms with E-state index in [0.717, 1.165) is 18.0 Å². The van der Waals surface area contributed by atoms with Crippen LogP contribution in [0.5, 0.6) is 0 Å². The Bertz CT molecular complexity index is 402. The second kappa shape index (κ2) is 7.62. The van der Waals surface area contributed by atoms with Crippen LogP contribution in [-0.4, -0.2) is 42.7 Å². The van der Waals surface area contributed by atoms with Crippen LogP contribution in [0.2, 0.25) is 0 Å². The standard InChI is InChI=1S/C14H24N2O2S/c1-10(2)13(9-16(3)4)15-8-12-6-5-11(19-12)7-14(17)18/h5-6,10,13,15H,7-9H2,1-4H3,(H,17,18). The summed E-state index contributed by atoms with van der Waals surface area (Å²) < 4.78 is 0. The average Bonchev–Trinajstić information content (AvgIpc) is 2.70. The minimum Gasteiger partial charge on any atom is -0.481 e. The predicted octanol–water partition coefficient (Wildman–Crippen LogP) is 2.05. The zero-order chi connectivity index (χ0) is 14.4. The highest BCUT2D eigenvalue weighted by Crippen LogP contribution is 2.17. The van der Waals surface area contributed by atoms with E-state index in [1.807, 2.05) is 12.1 Å². The molecule has 108 valence electrons. The van der Waals surface area contributed by atoms with E-state index < -0.39 is 5.97 Å². The molecule has 0 saturated heterocycles. The van der Waals surface area contributed by atoms with Crippen LogP contribution in [0.1, 0.15) is 23.6 Å². The van der Waals surface area contributed by atoms with Gasteiger partial charge >= 0.3 is 5.97 Å². The summed E-state index contributed by atoms with van der Waals surface area (Å²) >= 11 is 1.58. The molecule has 1 atom stereocenters. The number of hydrogen-bond acceptors (Lipinski definition) is 4. The van der Waals surface area contributed by atoms with Crippen LogP contribution < -0.4 is 5.32 Å². The first kappa shape index (κ1) is 16.1. The van der Waals surface area contributed by atoms with E-state index in [0.29, 0.717) is 12.0 Å². The molecule has 0 amide bonds. The number of aliphatic carboxylic acids is 1. The molecule has 0 saturated carbocycles. The second-order valence-corrected chi connectivity index (χ2v) is 6.69. The first-order valence-corrected chi connectivity index (χ1v) is 7.37. The summed E-state index contributed by atoms with van der Waals surface area (Å²) in [7, 11) is 4.15. The van der Waals surface area contributed by atoms with Crippen molar-refractivity contribution in [2.75, 3.05) is 20.6 Å². The molecule has 1 unspecified atom stereocenters. The molecule has 0 bridgehead atoms. The first-order chi connectivity index (χ1) is 8.88. The lowest BCUT2D eigenvalue weighted by Crippen LogP contribution is -2.41. The number of likely N-dealkylation sites (N-methyl/N-ethyl adjacent to an activating group) is 1. The van der Waals surface area contributed by atoms with Crippen LogP contribution in [0.15, 0.2) is 12.1 Å². The Hall–Kier alpha value is -0.910. The summed E-state index contributed by atoms with van der Waals surface area (Å²) in [6.07, 6.45) is 0.121. The van der Waals surface area contributed by atoms with Gasteiger partial charge in [-0.05, 0) is 32.1 Å². The number of rotatable bonds is 8. The predicted molar refractivity (Wildman–Crippen MR) is 79.7 cm³/mol. The monoisotopic (exact) mass is 284 g/mol. The maximum Gasteiger partial charge on any atom is 0.308 e. The third kappa shape index (κ3) is 6.18. The van der Waals surface area contributed by atoms with Crippen molar-refractivity contribution in [3.05, 3.63) is 21.9 Å². The van der Waals surface area contributed by atoms with Crippen LogP contribution in [0.4, 0.5) is 0 Å². The molecule has 4 nitrogen and oxygen atoms in total. The van der Waals surface area contributed by atoms with E-state index in [2.05, 4.69) is 38.2 Å². The highest BCUT2D eigenvalue weighted by molar-refractivity contribution is 7.12. The minimum atomic E-state index is -0.769. The molecule has 1 aromatic heterocycles. The molecule has 19 heavy (non-hydrogen) atoms. The van der Waals surface area contributed by atoms with Crippen molar-refractivity contribution in [1.82, 2.24) is 10.2 Å². The smallest absolute Gasteiger partial charge is 0.308 e. The molecule has 0 aliphatic carbocycles. The minimum absolute atomic E-state index is 0.121. The Morgan fingerprint density at radius 3 is 2.53 bits per heavy atom. The van der Waals surface area contributed by atoms with Crippen molar-refractivity contribution < 1.29 is 9.90 Å². The summed E-state index contributed by atoms with van der Waals surface area (Å²) in [5.41, 5.74) is 0. The Morgan fingerprint density at radius 1 is 1.37 bits per heavy atom. The molecule has 1 rings (SSSR count). The zero-order valence-electron chi connectivity index (χ0n) is 12.1. The Labute approximate surface area is 119 Å². The number of hydrogen-bond donors (Lipinski definition) is 2. The highest BCUT2D eigenvalue weighted by atomic mass is 32.1. The molecule has 0 aromatic carbocycles. The zero-order valence-corrected chi connectivity index (χ0v) is 13.0. The Balaban J connectivity index is 2.49. The van der Waals surface area contributed by atoms with Gasteiger partial charge in [-0.25, -0.2) is 0 Å². The molecule has 0 aliphatic rings. The quantitative estimate of drug-likeness (QED) is 0.767. The van der Waals surface area contributed by atoms with Gasteiger partial charge in [0.1, 0.15) is 0 Å². The van der Waals surface area contributed by atoms with Crippen LogP contribution >= 0.6 is 11.3 Å². The topological polar surface area (TPSA) is 52.6 Å². The maximum absolute atomic E-state index is 10.6. The van der Waals surface area contributed by atoms with Gasteiger partial charge in [0.25, 0.3) is 0 Å². The van der Waals surface area contributed by atoms with Gasteiger partial charge in [-0.1, -0.05) is 13.8 Å². The largest absolute Gasteiger partial charge is 0.481 e. The Kier molecular flexibility index (Phi) is 6.48. The van der Waals surface area contributed by atoms with E-state index in [1.54, 1.807) is 11.3 Å². The molecule has 5 heteroatoms. The van der Waals surface area contributed by atoms with Gasteiger partial charge in [0.2, 0.25) is 0 Å². The number of carboxylic acids is 1. The van der Waals surface area contributed by atoms with Crippen molar-refractivity contribution in [3.8, 4) is 0 Å². The van der Waals surface area contributed by atoms with Gasteiger partial charge in [-0.2, -0.15) is 0 Å².